The van der Waals surface area contributed by atoms with Gasteiger partial charge in [0.2, 0.25) is 0 Å². The second-order valence-electron chi connectivity index (χ2n) is 4.12. The minimum Gasteiger partial charge on any atom is -0.480 e. The molecule has 3 N–H and O–H groups in total. The lowest BCUT2D eigenvalue weighted by atomic mass is 10.0. The van der Waals surface area contributed by atoms with E-state index in [1.54, 1.807) is 0 Å². The Morgan fingerprint density at radius 3 is 2.00 bits per heavy atom. The summed E-state index contributed by atoms with van der Waals surface area (Å²) < 4.78 is 37.6. The molecule has 100 valence electrons. The number of halogens is 3. The fourth-order valence-electron chi connectivity index (χ4n) is 1.05. The van der Waals surface area contributed by atoms with Crippen molar-refractivity contribution in [2.24, 2.45) is 5.73 Å². The van der Waals surface area contributed by atoms with E-state index >= 15 is 0 Å². The molecule has 0 bridgehead atoms. The first-order chi connectivity index (χ1) is 7.41. The van der Waals surface area contributed by atoms with Gasteiger partial charge in [-0.2, -0.15) is 13.2 Å². The molecule has 0 fully saturated rings. The normalized spacial score (nSPS) is 15.5. The van der Waals surface area contributed by atoms with Crippen molar-refractivity contribution in [3.63, 3.8) is 0 Å². The largest absolute Gasteiger partial charge is 0.480 e. The van der Waals surface area contributed by atoms with E-state index in [0.29, 0.717) is 11.8 Å². The Labute approximate surface area is 96.4 Å². The van der Waals surface area contributed by atoms with E-state index < -0.39 is 36.2 Å². The van der Waals surface area contributed by atoms with Crippen molar-refractivity contribution in [3.8, 4) is 0 Å². The lowest BCUT2D eigenvalue weighted by Gasteiger charge is -2.34. The van der Waals surface area contributed by atoms with Gasteiger partial charge in [0.15, 0.2) is 5.54 Å². The van der Waals surface area contributed by atoms with Gasteiger partial charge >= 0.3 is 12.1 Å². The van der Waals surface area contributed by atoms with Crippen molar-refractivity contribution in [3.05, 3.63) is 0 Å². The molecule has 1 atom stereocenters. The number of nitrogens with two attached hydrogens (primary N) is 1. The number of hydrogen-bond acceptors (Lipinski definition) is 3. The molecule has 8 heteroatoms. The summed E-state index contributed by atoms with van der Waals surface area (Å²) in [5, 5.41) is 8.53. The van der Waals surface area contributed by atoms with Crippen molar-refractivity contribution >= 4 is 11.9 Å². The fraction of sp³-hybridized carbons (Fsp3) is 0.778. The molecule has 0 radical (unpaired) electrons. The van der Waals surface area contributed by atoms with E-state index in [4.69, 9.17) is 10.8 Å². The van der Waals surface area contributed by atoms with Gasteiger partial charge in [-0.1, -0.05) is 0 Å². The topological polar surface area (TPSA) is 83.6 Å². The highest BCUT2D eigenvalue weighted by molar-refractivity contribution is 5.89. The number of nitrogens with zero attached hydrogens (tertiary/aromatic N) is 1. The molecule has 0 heterocycles. The molecular weight excluding hydrogens is 241 g/mol. The molecule has 17 heavy (non-hydrogen) atoms. The van der Waals surface area contributed by atoms with Crippen LogP contribution in [0.15, 0.2) is 0 Å². The first kappa shape index (κ1) is 15.7. The predicted molar refractivity (Wildman–Crippen MR) is 53.1 cm³/mol. The monoisotopic (exact) mass is 256 g/mol. The van der Waals surface area contributed by atoms with Crippen LogP contribution in [-0.4, -0.2) is 46.2 Å². The highest BCUT2D eigenvalue weighted by Crippen LogP contribution is 2.30. The van der Waals surface area contributed by atoms with Gasteiger partial charge < -0.3 is 15.7 Å². The van der Waals surface area contributed by atoms with Crippen LogP contribution in [-0.2, 0) is 9.59 Å². The molecule has 0 aliphatic rings. The number of alkyl halides is 3. The van der Waals surface area contributed by atoms with Crippen molar-refractivity contribution in [1.82, 2.24) is 4.90 Å². The summed E-state index contributed by atoms with van der Waals surface area (Å²) in [6, 6.07) is -0.691. The maximum atomic E-state index is 12.5. The maximum absolute atomic E-state index is 12.5. The zero-order valence-corrected chi connectivity index (χ0v) is 9.71. The maximum Gasteiger partial charge on any atom is 0.415 e. The number of amides is 1. The number of hydrogen-bond donors (Lipinski definition) is 2. The van der Waals surface area contributed by atoms with Gasteiger partial charge in [-0.05, 0) is 20.8 Å². The lowest BCUT2D eigenvalue weighted by Crippen LogP contribution is -2.63. The van der Waals surface area contributed by atoms with Crippen LogP contribution in [0.25, 0.3) is 0 Å². The second-order valence-corrected chi connectivity index (χ2v) is 4.12. The highest BCUT2D eigenvalue weighted by Gasteiger charge is 2.55. The second kappa shape index (κ2) is 4.91. The van der Waals surface area contributed by atoms with Crippen LogP contribution in [0, 0.1) is 0 Å². The quantitative estimate of drug-likeness (QED) is 0.771. The number of aliphatic carboxylic acids is 1. The zero-order chi connectivity index (χ0) is 14.0. The van der Waals surface area contributed by atoms with Gasteiger partial charge in [0, 0.05) is 6.04 Å². The van der Waals surface area contributed by atoms with Gasteiger partial charge in [0.05, 0.1) is 0 Å². The van der Waals surface area contributed by atoms with E-state index in [0.717, 1.165) is 0 Å². The Hall–Kier alpha value is -1.31. The van der Waals surface area contributed by atoms with E-state index in [1.807, 2.05) is 0 Å². The number of carboxylic acids is 1. The molecule has 0 spiro atoms. The predicted octanol–water partition coefficient (Wildman–Crippen LogP) is 0.588. The molecule has 0 aromatic carbocycles. The first-order valence-corrected chi connectivity index (χ1v) is 4.79. The third kappa shape index (κ3) is 3.58. The summed E-state index contributed by atoms with van der Waals surface area (Å²) in [4.78, 5) is 22.7. The molecule has 0 rings (SSSR count). The van der Waals surface area contributed by atoms with Gasteiger partial charge in [-0.3, -0.25) is 9.59 Å². The van der Waals surface area contributed by atoms with Crippen LogP contribution < -0.4 is 5.73 Å². The van der Waals surface area contributed by atoms with E-state index in [9.17, 15) is 22.8 Å². The number of carbonyl (C=O) groups is 2. The molecule has 0 aromatic rings. The molecule has 5 nitrogen and oxygen atoms in total. The smallest absolute Gasteiger partial charge is 0.415 e. The minimum absolute atomic E-state index is 0.520. The van der Waals surface area contributed by atoms with Crippen LogP contribution in [0.2, 0.25) is 0 Å². The van der Waals surface area contributed by atoms with Gasteiger partial charge in [-0.15, -0.1) is 0 Å². The van der Waals surface area contributed by atoms with Crippen molar-refractivity contribution < 1.29 is 27.9 Å². The molecule has 0 aliphatic heterocycles. The molecular formula is C9H15F3N2O3. The standard InChI is InChI=1S/C9H15F3N2O3/c1-5(2)14(4-6(15)16)7(17)8(3,13)9(10,11)12/h5H,4,13H2,1-3H3,(H,15,16). The van der Waals surface area contributed by atoms with Crippen LogP contribution in [0.3, 0.4) is 0 Å². The lowest BCUT2D eigenvalue weighted by molar-refractivity contribution is -0.195. The van der Waals surface area contributed by atoms with Crippen LogP contribution >= 0.6 is 0 Å². The highest BCUT2D eigenvalue weighted by atomic mass is 19.4. The molecule has 0 saturated carbocycles. The summed E-state index contributed by atoms with van der Waals surface area (Å²) >= 11 is 0. The Balaban J connectivity index is 5.16. The summed E-state index contributed by atoms with van der Waals surface area (Å²) in [5.74, 6) is -2.85. The fourth-order valence-corrected chi connectivity index (χ4v) is 1.05. The van der Waals surface area contributed by atoms with Gasteiger partial charge in [0.1, 0.15) is 6.54 Å². The first-order valence-electron chi connectivity index (χ1n) is 4.79. The van der Waals surface area contributed by atoms with Crippen LogP contribution in [0.1, 0.15) is 20.8 Å². The van der Waals surface area contributed by atoms with E-state index in [-0.39, 0.29) is 0 Å². The van der Waals surface area contributed by atoms with Crippen molar-refractivity contribution in [2.45, 2.75) is 38.5 Å². The van der Waals surface area contributed by atoms with Crippen molar-refractivity contribution in [1.29, 1.82) is 0 Å². The average molecular weight is 256 g/mol. The Kier molecular flexibility index (Phi) is 4.53. The van der Waals surface area contributed by atoms with Gasteiger partial charge in [-0.25, -0.2) is 0 Å². The molecule has 0 aromatic heterocycles. The van der Waals surface area contributed by atoms with Crippen molar-refractivity contribution in [2.75, 3.05) is 6.54 Å². The molecule has 1 unspecified atom stereocenters. The summed E-state index contributed by atoms with van der Waals surface area (Å²) in [6.07, 6.45) is -4.93. The number of carbonyl (C=O) groups excluding carboxylic acids is 1. The Morgan fingerprint density at radius 1 is 1.35 bits per heavy atom. The van der Waals surface area contributed by atoms with Crippen LogP contribution in [0.4, 0.5) is 13.2 Å². The van der Waals surface area contributed by atoms with Gasteiger partial charge in [0.25, 0.3) is 5.91 Å². The van der Waals surface area contributed by atoms with E-state index in [2.05, 4.69) is 0 Å². The number of rotatable bonds is 4. The minimum atomic E-state index is -4.93. The average Bonchev–Trinajstić information content (AvgIpc) is 2.10. The zero-order valence-electron chi connectivity index (χ0n) is 9.71. The Morgan fingerprint density at radius 2 is 1.76 bits per heavy atom. The number of carboxylic acid groups (broad SMARTS) is 1. The summed E-state index contributed by atoms with van der Waals surface area (Å²) in [5.41, 5.74) is 1.85. The Bertz CT molecular complexity index is 313. The summed E-state index contributed by atoms with van der Waals surface area (Å²) in [6.45, 7) is 2.52. The third-order valence-corrected chi connectivity index (χ3v) is 2.22. The van der Waals surface area contributed by atoms with Crippen LogP contribution in [0.5, 0.6) is 0 Å². The third-order valence-electron chi connectivity index (χ3n) is 2.22. The SMILES string of the molecule is CC(C)N(CC(=O)O)C(=O)C(C)(N)C(F)(F)F. The molecule has 1 amide bonds. The molecule has 0 aliphatic carbocycles. The molecule has 0 saturated heterocycles. The summed E-state index contributed by atoms with van der Waals surface area (Å²) in [7, 11) is 0. The van der Waals surface area contributed by atoms with E-state index in [1.165, 1.54) is 13.8 Å².